The van der Waals surface area contributed by atoms with E-state index in [9.17, 15) is 4.39 Å². The third-order valence-corrected chi connectivity index (χ3v) is 4.96. The second-order valence-electron chi connectivity index (χ2n) is 6.47. The Morgan fingerprint density at radius 1 is 1.00 bits per heavy atom. The second-order valence-corrected chi connectivity index (χ2v) is 6.47. The fourth-order valence-corrected chi connectivity index (χ4v) is 3.75. The summed E-state index contributed by atoms with van der Waals surface area (Å²) in [5.74, 6) is -0.419. The largest absolute Gasteiger partial charge is 0.398 e. The number of hydrogen-bond donors (Lipinski definition) is 3. The fourth-order valence-electron chi connectivity index (χ4n) is 3.75. The summed E-state index contributed by atoms with van der Waals surface area (Å²) in [4.78, 5) is 4.84. The van der Waals surface area contributed by atoms with Gasteiger partial charge in [-0.15, -0.1) is 0 Å². The second kappa shape index (κ2) is 5.84. The molecule has 4 nitrogen and oxygen atoms in total. The molecule has 1 aromatic heterocycles. The van der Waals surface area contributed by atoms with Crippen LogP contribution in [0.1, 0.15) is 29.5 Å². The summed E-state index contributed by atoms with van der Waals surface area (Å²) in [6.07, 6.45) is 5.35. The molecule has 0 unspecified atom stereocenters. The van der Waals surface area contributed by atoms with Gasteiger partial charge in [-0.05, 0) is 67.1 Å². The number of benzene rings is 2. The molecule has 1 heterocycles. The Bertz CT molecular complexity index is 1010. The number of halogens is 1. The molecule has 1 aliphatic carbocycles. The van der Waals surface area contributed by atoms with E-state index in [-0.39, 0.29) is 5.69 Å². The van der Waals surface area contributed by atoms with E-state index in [1.165, 1.54) is 23.4 Å². The minimum absolute atomic E-state index is 0.126. The first kappa shape index (κ1) is 15.6. The van der Waals surface area contributed by atoms with Crippen molar-refractivity contribution in [2.24, 2.45) is 0 Å². The van der Waals surface area contributed by atoms with Crippen LogP contribution in [-0.4, -0.2) is 11.2 Å². The van der Waals surface area contributed by atoms with Gasteiger partial charge in [0.15, 0.2) is 0 Å². The summed E-state index contributed by atoms with van der Waals surface area (Å²) >= 11 is 0. The van der Waals surface area contributed by atoms with Crippen molar-refractivity contribution in [1.82, 2.24) is 4.98 Å². The number of nitrogens with zero attached hydrogens (tertiary/aromatic N) is 1. The van der Waals surface area contributed by atoms with Crippen LogP contribution in [0.3, 0.4) is 0 Å². The van der Waals surface area contributed by atoms with Crippen molar-refractivity contribution in [2.75, 3.05) is 11.5 Å². The molecule has 0 spiro atoms. The Morgan fingerprint density at radius 2 is 1.76 bits per heavy atom. The zero-order valence-electron chi connectivity index (χ0n) is 13.8. The molecule has 5 N–H and O–H groups in total. The Balaban J connectivity index is 2.08. The van der Waals surface area contributed by atoms with Crippen LogP contribution >= 0.6 is 0 Å². The number of rotatable bonds is 2. The third-order valence-electron chi connectivity index (χ3n) is 4.96. The van der Waals surface area contributed by atoms with Gasteiger partial charge in [0.25, 0.3) is 0 Å². The highest BCUT2D eigenvalue weighted by Gasteiger charge is 2.21. The molecule has 0 saturated heterocycles. The van der Waals surface area contributed by atoms with Crippen molar-refractivity contribution in [3.8, 4) is 11.3 Å². The molecule has 0 aliphatic heterocycles. The summed E-state index contributed by atoms with van der Waals surface area (Å²) in [5, 5.41) is 8.74. The number of pyridine rings is 1. The minimum atomic E-state index is -0.419. The summed E-state index contributed by atoms with van der Waals surface area (Å²) in [6, 6.07) is 8.44. The van der Waals surface area contributed by atoms with Crippen LogP contribution in [0.15, 0.2) is 30.3 Å². The maximum atomic E-state index is 13.6. The number of aryl methyl sites for hydroxylation is 1. The average Bonchev–Trinajstić information content (AvgIpc) is 2.63. The summed E-state index contributed by atoms with van der Waals surface area (Å²) in [6.45, 7) is 0. The molecule has 126 valence electrons. The van der Waals surface area contributed by atoms with Crippen LogP contribution in [0.2, 0.25) is 0 Å². The first-order chi connectivity index (χ1) is 12.1. The van der Waals surface area contributed by atoms with Gasteiger partial charge in [0.1, 0.15) is 5.82 Å². The van der Waals surface area contributed by atoms with Crippen LogP contribution in [0, 0.1) is 11.2 Å². The van der Waals surface area contributed by atoms with Gasteiger partial charge in [-0.2, -0.15) is 0 Å². The van der Waals surface area contributed by atoms with Gasteiger partial charge >= 0.3 is 0 Å². The molecule has 4 rings (SSSR count). The molecule has 0 bridgehead atoms. The van der Waals surface area contributed by atoms with Gasteiger partial charge in [0.2, 0.25) is 0 Å². The van der Waals surface area contributed by atoms with Crippen LogP contribution < -0.4 is 11.5 Å². The van der Waals surface area contributed by atoms with Crippen molar-refractivity contribution in [1.29, 1.82) is 5.41 Å². The van der Waals surface area contributed by atoms with Crippen LogP contribution in [0.4, 0.5) is 15.8 Å². The number of nitrogen functional groups attached to an aromatic ring is 2. The van der Waals surface area contributed by atoms with E-state index in [1.807, 2.05) is 6.07 Å². The first-order valence-electron chi connectivity index (χ1n) is 8.40. The zero-order valence-corrected chi connectivity index (χ0v) is 13.8. The van der Waals surface area contributed by atoms with E-state index in [2.05, 4.69) is 0 Å². The molecular formula is C20H19FN4. The lowest BCUT2D eigenvalue weighted by Gasteiger charge is -2.23. The maximum Gasteiger partial charge on any atom is 0.146 e. The number of nitrogens with two attached hydrogens (primary N) is 2. The zero-order chi connectivity index (χ0) is 17.6. The van der Waals surface area contributed by atoms with Gasteiger partial charge in [-0.25, -0.2) is 9.37 Å². The smallest absolute Gasteiger partial charge is 0.146 e. The van der Waals surface area contributed by atoms with Crippen molar-refractivity contribution >= 4 is 28.5 Å². The predicted molar refractivity (Wildman–Crippen MR) is 100 cm³/mol. The third kappa shape index (κ3) is 2.43. The Hall–Kier alpha value is -2.95. The molecule has 0 radical (unpaired) electrons. The number of anilines is 2. The van der Waals surface area contributed by atoms with E-state index >= 15 is 0 Å². The fraction of sp³-hybridized carbons (Fsp3) is 0.200. The number of aromatic nitrogens is 1. The van der Waals surface area contributed by atoms with E-state index in [4.69, 9.17) is 21.9 Å². The monoisotopic (exact) mass is 334 g/mol. The molecule has 25 heavy (non-hydrogen) atoms. The van der Waals surface area contributed by atoms with E-state index in [0.29, 0.717) is 5.69 Å². The van der Waals surface area contributed by atoms with Gasteiger partial charge in [-0.1, -0.05) is 0 Å². The Morgan fingerprint density at radius 3 is 2.48 bits per heavy atom. The molecule has 5 heteroatoms. The molecular weight excluding hydrogens is 315 g/mol. The van der Waals surface area contributed by atoms with Crippen LogP contribution in [-0.2, 0) is 12.8 Å². The highest BCUT2D eigenvalue weighted by molar-refractivity contribution is 6.05. The molecule has 0 amide bonds. The maximum absolute atomic E-state index is 13.6. The quantitative estimate of drug-likeness (QED) is 0.487. The minimum Gasteiger partial charge on any atom is -0.398 e. The highest BCUT2D eigenvalue weighted by atomic mass is 19.1. The van der Waals surface area contributed by atoms with Gasteiger partial charge in [0.05, 0.1) is 16.9 Å². The van der Waals surface area contributed by atoms with E-state index < -0.39 is 5.82 Å². The summed E-state index contributed by atoms with van der Waals surface area (Å²) < 4.78 is 13.6. The molecule has 0 saturated carbocycles. The van der Waals surface area contributed by atoms with Crippen molar-refractivity contribution < 1.29 is 4.39 Å². The first-order valence-corrected chi connectivity index (χ1v) is 8.40. The van der Waals surface area contributed by atoms with E-state index in [1.54, 1.807) is 18.2 Å². The molecule has 0 atom stereocenters. The van der Waals surface area contributed by atoms with Crippen LogP contribution in [0.25, 0.3) is 22.2 Å². The molecule has 2 aromatic carbocycles. The average molecular weight is 334 g/mol. The highest BCUT2D eigenvalue weighted by Crippen LogP contribution is 2.37. The van der Waals surface area contributed by atoms with Crippen molar-refractivity contribution in [3.05, 3.63) is 52.8 Å². The normalized spacial score (nSPS) is 13.6. The van der Waals surface area contributed by atoms with Gasteiger partial charge < -0.3 is 16.9 Å². The lowest BCUT2D eigenvalue weighted by molar-refractivity contribution is 0.632. The van der Waals surface area contributed by atoms with E-state index in [0.717, 1.165) is 53.4 Å². The van der Waals surface area contributed by atoms with Gasteiger partial charge in [-0.3, -0.25) is 0 Å². The number of nitrogens with one attached hydrogen (secondary N) is 1. The lowest BCUT2D eigenvalue weighted by atomic mass is 9.85. The van der Waals surface area contributed by atoms with Crippen molar-refractivity contribution in [3.63, 3.8) is 0 Å². The Kier molecular flexibility index (Phi) is 3.64. The van der Waals surface area contributed by atoms with Crippen LogP contribution in [0.5, 0.6) is 0 Å². The van der Waals surface area contributed by atoms with Crippen molar-refractivity contribution in [2.45, 2.75) is 25.7 Å². The number of hydrogen-bond acceptors (Lipinski definition) is 4. The Labute approximate surface area is 145 Å². The number of fused-ring (bicyclic) bond motifs is 3. The molecule has 3 aromatic rings. The predicted octanol–water partition coefficient (Wildman–Crippen LogP) is 4.08. The topological polar surface area (TPSA) is 88.8 Å². The molecule has 0 fully saturated rings. The summed E-state index contributed by atoms with van der Waals surface area (Å²) in [7, 11) is 0. The lowest BCUT2D eigenvalue weighted by Crippen LogP contribution is -2.10. The van der Waals surface area contributed by atoms with Gasteiger partial charge in [0, 0.05) is 28.4 Å². The molecule has 1 aliphatic rings. The summed E-state index contributed by atoms with van der Waals surface area (Å²) in [5.41, 5.74) is 18.2. The SMILES string of the molecule is N=Cc1c(N)ccc2nc(-c3ccc(F)c(N)c3)c3c(c12)CCCC3. The standard InChI is InChI=1S/C20H19FN4/c21-15-6-5-11(9-17(15)24)20-13-4-2-1-3-12(13)19-14(10-22)16(23)7-8-18(19)25-20/h5-10,22H,1-4,23-24H2.